The van der Waals surface area contributed by atoms with Crippen molar-refractivity contribution in [2.75, 3.05) is 0 Å². The van der Waals surface area contributed by atoms with Gasteiger partial charge in [0.15, 0.2) is 0 Å². The zero-order valence-electron chi connectivity index (χ0n) is 20.8. The number of hydrogen-bond donors (Lipinski definition) is 3. The normalized spacial score (nSPS) is 10.0. The Hall–Kier alpha value is -2.08. The second kappa shape index (κ2) is 12.2. The summed E-state index contributed by atoms with van der Waals surface area (Å²) < 4.78 is 1.17. The fourth-order valence-corrected chi connectivity index (χ4v) is 3.90. The Labute approximate surface area is 202 Å². The van der Waals surface area contributed by atoms with Crippen molar-refractivity contribution in [3.05, 3.63) is 90.9 Å². The van der Waals surface area contributed by atoms with E-state index in [1.54, 1.807) is 24.3 Å². The van der Waals surface area contributed by atoms with Gasteiger partial charge in [-0.05, 0) is 142 Å². The Bertz CT molecular complexity index is 950. The van der Waals surface area contributed by atoms with Gasteiger partial charge in [-0.2, -0.15) is 0 Å². The van der Waals surface area contributed by atoms with E-state index in [0.29, 0.717) is 11.2 Å². The lowest BCUT2D eigenvalue weighted by atomic mass is 9.78. The molecule has 0 unspecified atom stereocenters. The van der Waals surface area contributed by atoms with E-state index in [1.807, 2.05) is 34.6 Å². The second-order valence-corrected chi connectivity index (χ2v) is 9.44. The summed E-state index contributed by atoms with van der Waals surface area (Å²) in [7, 11) is -1.36. The molecule has 3 rings (SSSR count). The van der Waals surface area contributed by atoms with Crippen LogP contribution in [0.25, 0.3) is 0 Å². The fourth-order valence-electron chi connectivity index (χ4n) is 3.21. The molecule has 0 radical (unpaired) electrons. The van der Waals surface area contributed by atoms with E-state index in [4.69, 9.17) is 15.2 Å². The monoisotopic (exact) mass is 498 g/mol. The summed E-state index contributed by atoms with van der Waals surface area (Å²) in [5, 5.41) is 27.0. The highest BCUT2D eigenvalue weighted by molar-refractivity contribution is 9.10. The number of halogens is 1. The fraction of sp³-hybridized carbons (Fsp3) is 0.333. The highest BCUT2D eigenvalue weighted by atomic mass is 79.9. The van der Waals surface area contributed by atoms with Crippen LogP contribution in [0.15, 0.2) is 40.9 Å². The largest absolute Gasteiger partial charge is 0.508 e. The number of aromatic hydroxyl groups is 1. The molecule has 0 aliphatic rings. The third-order valence-electron chi connectivity index (χ3n) is 6.05. The van der Waals surface area contributed by atoms with Crippen molar-refractivity contribution >= 4 is 28.5 Å². The third kappa shape index (κ3) is 8.12. The van der Waals surface area contributed by atoms with Crippen molar-refractivity contribution in [1.82, 2.24) is 0 Å². The van der Waals surface area contributed by atoms with Crippen LogP contribution in [-0.4, -0.2) is 22.3 Å². The van der Waals surface area contributed by atoms with E-state index < -0.39 is 7.12 Å². The SMILES string of the molecule is Cc1cc(B(O)O)cc(C)c1C.Cc1cc(Br)cc(C)c1C.Cc1cc(O)cc(C)c1C. The number of aryl methyl sites for hydroxylation is 6. The molecule has 0 aliphatic heterocycles. The molecule has 0 saturated carbocycles. The summed E-state index contributed by atoms with van der Waals surface area (Å²) in [6.45, 7) is 18.4. The van der Waals surface area contributed by atoms with Crippen molar-refractivity contribution in [3.63, 3.8) is 0 Å². The molecule has 0 fully saturated rings. The first kappa shape index (κ1) is 28.0. The van der Waals surface area contributed by atoms with Gasteiger partial charge in [0.1, 0.15) is 5.75 Å². The zero-order chi connectivity index (χ0) is 24.7. The minimum atomic E-state index is -1.36. The van der Waals surface area contributed by atoms with E-state index >= 15 is 0 Å². The molecule has 0 bridgehead atoms. The average Bonchev–Trinajstić information content (AvgIpc) is 2.68. The first-order valence-corrected chi connectivity index (χ1v) is 11.5. The molecular weight excluding hydrogens is 463 g/mol. The topological polar surface area (TPSA) is 60.7 Å². The van der Waals surface area contributed by atoms with Crippen molar-refractivity contribution < 1.29 is 15.2 Å². The van der Waals surface area contributed by atoms with Crippen molar-refractivity contribution in [1.29, 1.82) is 0 Å². The molecule has 0 aromatic heterocycles. The summed E-state index contributed by atoms with van der Waals surface area (Å²) in [6.07, 6.45) is 0. The van der Waals surface area contributed by atoms with Crippen LogP contribution in [-0.2, 0) is 0 Å². The standard InChI is InChI=1S/C9H13BO2.C9H11Br.C9H12O/c1-6-4-9(10(11)12)5-7(2)8(6)3;2*1-6-4-9(10)5-7(2)8(6)3/h4-5,11-12H,1-3H3;4-5H,1-3H3;4-5,10H,1-3H3. The minimum absolute atomic E-state index is 0.362. The molecule has 0 saturated heterocycles. The van der Waals surface area contributed by atoms with Crippen LogP contribution in [0.1, 0.15) is 50.1 Å². The van der Waals surface area contributed by atoms with Gasteiger partial charge in [-0.15, -0.1) is 0 Å². The first-order chi connectivity index (χ1) is 14.7. The predicted octanol–water partition coefficient (Wildman–Crippen LogP) is 5.98. The number of hydrogen-bond acceptors (Lipinski definition) is 3. The molecule has 3 aromatic rings. The van der Waals surface area contributed by atoms with E-state index in [2.05, 4.69) is 55.8 Å². The molecule has 0 spiro atoms. The highest BCUT2D eigenvalue weighted by Gasteiger charge is 2.12. The summed E-state index contributed by atoms with van der Waals surface area (Å²) in [5.74, 6) is 0.362. The van der Waals surface area contributed by atoms with Gasteiger partial charge in [-0.1, -0.05) is 28.1 Å². The van der Waals surface area contributed by atoms with Gasteiger partial charge < -0.3 is 15.2 Å². The molecule has 0 atom stereocenters. The zero-order valence-corrected chi connectivity index (χ0v) is 22.3. The molecule has 3 aromatic carbocycles. The van der Waals surface area contributed by atoms with Gasteiger partial charge >= 0.3 is 7.12 Å². The Kier molecular flexibility index (Phi) is 10.7. The summed E-state index contributed by atoms with van der Waals surface area (Å²) in [5.41, 5.74) is 11.6. The molecular formula is C27H36BBrO3. The van der Waals surface area contributed by atoms with Gasteiger partial charge in [-0.3, -0.25) is 0 Å². The van der Waals surface area contributed by atoms with Crippen LogP contribution in [0.5, 0.6) is 5.75 Å². The Balaban J connectivity index is 0.000000241. The summed E-state index contributed by atoms with van der Waals surface area (Å²) >= 11 is 3.45. The molecule has 0 aliphatic carbocycles. The van der Waals surface area contributed by atoms with Crippen LogP contribution in [0, 0.1) is 62.3 Å². The number of rotatable bonds is 1. The van der Waals surface area contributed by atoms with Crippen LogP contribution in [0.2, 0.25) is 0 Å². The maximum absolute atomic E-state index is 9.12. The average molecular weight is 499 g/mol. The van der Waals surface area contributed by atoms with E-state index in [1.165, 1.54) is 32.3 Å². The predicted molar refractivity (Wildman–Crippen MR) is 141 cm³/mol. The Morgan fingerprint density at radius 1 is 0.531 bits per heavy atom. The van der Waals surface area contributed by atoms with Crippen LogP contribution in [0.4, 0.5) is 0 Å². The van der Waals surface area contributed by atoms with Crippen molar-refractivity contribution in [3.8, 4) is 5.75 Å². The quantitative estimate of drug-likeness (QED) is 0.361. The number of benzene rings is 3. The van der Waals surface area contributed by atoms with Crippen LogP contribution < -0.4 is 5.46 Å². The van der Waals surface area contributed by atoms with E-state index in [-0.39, 0.29) is 0 Å². The number of phenols is 1. The first-order valence-electron chi connectivity index (χ1n) is 10.7. The molecule has 5 heteroatoms. The van der Waals surface area contributed by atoms with Gasteiger partial charge in [0.05, 0.1) is 0 Å². The summed E-state index contributed by atoms with van der Waals surface area (Å²) in [6, 6.07) is 11.4. The molecule has 32 heavy (non-hydrogen) atoms. The van der Waals surface area contributed by atoms with Gasteiger partial charge in [0.2, 0.25) is 0 Å². The molecule has 0 amide bonds. The van der Waals surface area contributed by atoms with Gasteiger partial charge in [0.25, 0.3) is 0 Å². The van der Waals surface area contributed by atoms with Crippen LogP contribution in [0.3, 0.4) is 0 Å². The van der Waals surface area contributed by atoms with E-state index in [9.17, 15) is 0 Å². The van der Waals surface area contributed by atoms with Crippen LogP contribution >= 0.6 is 15.9 Å². The van der Waals surface area contributed by atoms with Gasteiger partial charge in [-0.25, -0.2) is 0 Å². The molecule has 0 heterocycles. The summed E-state index contributed by atoms with van der Waals surface area (Å²) in [4.78, 5) is 0. The lowest BCUT2D eigenvalue weighted by Crippen LogP contribution is -2.30. The molecule has 3 nitrogen and oxygen atoms in total. The molecule has 3 N–H and O–H groups in total. The maximum atomic E-state index is 9.12. The smallest absolute Gasteiger partial charge is 0.488 e. The Morgan fingerprint density at radius 2 is 0.812 bits per heavy atom. The Morgan fingerprint density at radius 3 is 1.12 bits per heavy atom. The highest BCUT2D eigenvalue weighted by Crippen LogP contribution is 2.19. The second-order valence-electron chi connectivity index (χ2n) is 8.52. The lowest BCUT2D eigenvalue weighted by Gasteiger charge is -2.07. The van der Waals surface area contributed by atoms with Crippen molar-refractivity contribution in [2.24, 2.45) is 0 Å². The molecule has 172 valence electrons. The van der Waals surface area contributed by atoms with Gasteiger partial charge in [0, 0.05) is 4.47 Å². The number of phenolic OH excluding ortho intramolecular Hbond substituents is 1. The van der Waals surface area contributed by atoms with Crippen molar-refractivity contribution in [2.45, 2.75) is 62.3 Å². The third-order valence-corrected chi connectivity index (χ3v) is 6.51. The maximum Gasteiger partial charge on any atom is 0.488 e. The van der Waals surface area contributed by atoms with E-state index in [0.717, 1.165) is 22.3 Å². The lowest BCUT2D eigenvalue weighted by molar-refractivity contribution is 0.425. The minimum Gasteiger partial charge on any atom is -0.508 e.